The van der Waals surface area contributed by atoms with Crippen LogP contribution in [0.4, 0.5) is 0 Å². The number of thiophene rings is 1. The Morgan fingerprint density at radius 1 is 1.25 bits per heavy atom. The van der Waals surface area contributed by atoms with Crippen LogP contribution in [0, 0.1) is 12.3 Å². The van der Waals surface area contributed by atoms with E-state index in [4.69, 9.17) is 5.73 Å². The molecule has 0 saturated heterocycles. The molecule has 0 bridgehead atoms. The van der Waals surface area contributed by atoms with Gasteiger partial charge in [0.15, 0.2) is 0 Å². The van der Waals surface area contributed by atoms with E-state index < -0.39 is 5.41 Å². The lowest BCUT2D eigenvalue weighted by Gasteiger charge is -2.35. The molecule has 0 radical (unpaired) electrons. The van der Waals surface area contributed by atoms with Gasteiger partial charge in [-0.2, -0.15) is 0 Å². The highest BCUT2D eigenvalue weighted by Gasteiger charge is 2.38. The Balaban J connectivity index is 2.39. The molecule has 0 aliphatic heterocycles. The normalized spacial score (nSPS) is 14.3. The molecule has 2 rings (SSSR count). The van der Waals surface area contributed by atoms with E-state index in [0.717, 1.165) is 13.0 Å². The van der Waals surface area contributed by atoms with Crippen LogP contribution < -0.4 is 11.1 Å². The van der Waals surface area contributed by atoms with Crippen molar-refractivity contribution in [3.05, 3.63) is 57.8 Å². The maximum atomic E-state index is 12.1. The third-order valence-electron chi connectivity index (χ3n) is 4.85. The molecule has 130 valence electrons. The zero-order valence-electron chi connectivity index (χ0n) is 15.0. The number of carbonyl (C=O) groups excluding carboxylic acids is 1. The number of aryl methyl sites for hydroxylation is 1. The summed E-state index contributed by atoms with van der Waals surface area (Å²) in [5.41, 5.74) is 7.60. The number of hydrogen-bond acceptors (Lipinski definition) is 3. The molecule has 4 heteroatoms. The summed E-state index contributed by atoms with van der Waals surface area (Å²) in [5, 5.41) is 5.73. The van der Waals surface area contributed by atoms with Crippen molar-refractivity contribution >= 4 is 17.2 Å². The van der Waals surface area contributed by atoms with Crippen LogP contribution in [-0.4, -0.2) is 12.5 Å². The molecule has 1 aromatic heterocycles. The molecule has 2 unspecified atom stereocenters. The van der Waals surface area contributed by atoms with Crippen LogP contribution in [0.5, 0.6) is 0 Å². The Labute approximate surface area is 149 Å². The van der Waals surface area contributed by atoms with E-state index in [1.807, 2.05) is 32.0 Å². The fourth-order valence-corrected chi connectivity index (χ4v) is 4.23. The van der Waals surface area contributed by atoms with Crippen LogP contribution in [0.3, 0.4) is 0 Å². The number of primary amides is 1. The van der Waals surface area contributed by atoms with Crippen LogP contribution in [-0.2, 0) is 4.79 Å². The second kappa shape index (κ2) is 7.95. The predicted molar refractivity (Wildman–Crippen MR) is 102 cm³/mol. The molecular weight excluding hydrogens is 316 g/mol. The van der Waals surface area contributed by atoms with Gasteiger partial charge in [0.2, 0.25) is 5.91 Å². The summed E-state index contributed by atoms with van der Waals surface area (Å²) in [5.74, 6) is -0.198. The van der Waals surface area contributed by atoms with E-state index in [1.165, 1.54) is 16.0 Å². The van der Waals surface area contributed by atoms with Gasteiger partial charge in [-0.05, 0) is 48.4 Å². The number of carbonyl (C=O) groups is 1. The largest absolute Gasteiger partial charge is 0.369 e. The zero-order valence-corrected chi connectivity index (χ0v) is 15.8. The summed E-state index contributed by atoms with van der Waals surface area (Å²) in [4.78, 5) is 13.5. The van der Waals surface area contributed by atoms with Crippen molar-refractivity contribution in [1.82, 2.24) is 5.32 Å². The summed E-state index contributed by atoms with van der Waals surface area (Å²) in [6.45, 7) is 9.06. The minimum atomic E-state index is -0.611. The van der Waals surface area contributed by atoms with E-state index in [2.05, 4.69) is 42.7 Å². The van der Waals surface area contributed by atoms with Gasteiger partial charge in [0, 0.05) is 10.9 Å². The second-order valence-electron chi connectivity index (χ2n) is 6.86. The molecule has 2 aromatic rings. The maximum Gasteiger partial charge on any atom is 0.223 e. The van der Waals surface area contributed by atoms with Crippen LogP contribution in [0.25, 0.3) is 0 Å². The lowest BCUT2D eigenvalue weighted by molar-refractivity contribution is -0.127. The van der Waals surface area contributed by atoms with Crippen molar-refractivity contribution in [1.29, 1.82) is 0 Å². The van der Waals surface area contributed by atoms with Crippen molar-refractivity contribution < 1.29 is 4.79 Å². The van der Waals surface area contributed by atoms with E-state index in [-0.39, 0.29) is 17.9 Å². The Hall–Kier alpha value is -1.65. The number of amides is 1. The molecule has 2 atom stereocenters. The molecule has 0 aliphatic carbocycles. The quantitative estimate of drug-likeness (QED) is 0.746. The van der Waals surface area contributed by atoms with Crippen LogP contribution in [0.2, 0.25) is 0 Å². The van der Waals surface area contributed by atoms with Crippen molar-refractivity contribution in [3.63, 3.8) is 0 Å². The summed E-state index contributed by atoms with van der Waals surface area (Å²) >= 11 is 1.78. The average molecular weight is 345 g/mol. The van der Waals surface area contributed by atoms with Gasteiger partial charge in [0.1, 0.15) is 0 Å². The fourth-order valence-electron chi connectivity index (χ4n) is 3.21. The zero-order chi connectivity index (χ0) is 17.7. The standard InChI is InChI=1S/C20H28N2OS/c1-5-22-17(18-14(2)11-12-24-18)13-16(20(3,4)19(21)23)15-9-7-6-8-10-15/h6-12,16-17,22H,5,13H2,1-4H3,(H2,21,23). The molecule has 0 spiro atoms. The number of benzene rings is 1. The maximum absolute atomic E-state index is 12.1. The fraction of sp³-hybridized carbons (Fsp3) is 0.450. The first-order chi connectivity index (χ1) is 11.4. The molecular formula is C20H28N2OS. The Bertz CT molecular complexity index is 663. The van der Waals surface area contributed by atoms with Gasteiger partial charge in [-0.15, -0.1) is 11.3 Å². The first kappa shape index (κ1) is 18.7. The number of hydrogen-bond donors (Lipinski definition) is 2. The van der Waals surface area contributed by atoms with E-state index in [0.29, 0.717) is 0 Å². The molecule has 0 saturated carbocycles. The number of rotatable bonds is 8. The molecule has 24 heavy (non-hydrogen) atoms. The highest BCUT2D eigenvalue weighted by molar-refractivity contribution is 7.10. The van der Waals surface area contributed by atoms with Gasteiger partial charge >= 0.3 is 0 Å². The lowest BCUT2D eigenvalue weighted by atomic mass is 9.71. The molecule has 1 heterocycles. The van der Waals surface area contributed by atoms with Crippen LogP contribution in [0.15, 0.2) is 41.8 Å². The van der Waals surface area contributed by atoms with Crippen molar-refractivity contribution in [2.75, 3.05) is 6.54 Å². The van der Waals surface area contributed by atoms with E-state index in [1.54, 1.807) is 11.3 Å². The molecule has 3 nitrogen and oxygen atoms in total. The first-order valence-electron chi connectivity index (χ1n) is 8.50. The Kier molecular flexibility index (Phi) is 6.19. The van der Waals surface area contributed by atoms with Gasteiger partial charge in [-0.1, -0.05) is 51.1 Å². The SMILES string of the molecule is CCNC(CC(c1ccccc1)C(C)(C)C(N)=O)c1sccc1C. The first-order valence-corrected chi connectivity index (χ1v) is 9.38. The monoisotopic (exact) mass is 344 g/mol. The highest BCUT2D eigenvalue weighted by atomic mass is 32.1. The smallest absolute Gasteiger partial charge is 0.223 e. The van der Waals surface area contributed by atoms with Crippen LogP contribution in [0.1, 0.15) is 55.2 Å². The molecule has 1 amide bonds. The third kappa shape index (κ3) is 4.05. The Morgan fingerprint density at radius 3 is 2.42 bits per heavy atom. The third-order valence-corrected chi connectivity index (χ3v) is 5.98. The highest BCUT2D eigenvalue weighted by Crippen LogP contribution is 2.42. The molecule has 0 aliphatic rings. The minimum Gasteiger partial charge on any atom is -0.369 e. The van der Waals surface area contributed by atoms with Crippen molar-refractivity contribution in [2.45, 2.75) is 46.1 Å². The lowest BCUT2D eigenvalue weighted by Crippen LogP contribution is -2.39. The topological polar surface area (TPSA) is 55.1 Å². The molecule has 0 fully saturated rings. The molecule has 1 aromatic carbocycles. The van der Waals surface area contributed by atoms with Gasteiger partial charge in [0.05, 0.1) is 5.41 Å². The number of nitrogens with two attached hydrogens (primary N) is 1. The van der Waals surface area contributed by atoms with E-state index in [9.17, 15) is 4.79 Å². The average Bonchev–Trinajstić information content (AvgIpc) is 2.98. The summed E-state index contributed by atoms with van der Waals surface area (Å²) in [6, 6.07) is 12.6. The van der Waals surface area contributed by atoms with E-state index >= 15 is 0 Å². The summed E-state index contributed by atoms with van der Waals surface area (Å²) in [7, 11) is 0. The second-order valence-corrected chi connectivity index (χ2v) is 7.81. The van der Waals surface area contributed by atoms with Crippen molar-refractivity contribution in [2.24, 2.45) is 11.1 Å². The molecule has 3 N–H and O–H groups in total. The van der Waals surface area contributed by atoms with Gasteiger partial charge in [0.25, 0.3) is 0 Å². The van der Waals surface area contributed by atoms with Gasteiger partial charge in [-0.25, -0.2) is 0 Å². The Morgan fingerprint density at radius 2 is 1.92 bits per heavy atom. The summed E-state index contributed by atoms with van der Waals surface area (Å²) < 4.78 is 0. The minimum absolute atomic E-state index is 0.0572. The van der Waals surface area contributed by atoms with Gasteiger partial charge < -0.3 is 11.1 Å². The summed E-state index contributed by atoms with van der Waals surface area (Å²) in [6.07, 6.45) is 0.842. The number of nitrogens with one attached hydrogen (secondary N) is 1. The predicted octanol–water partition coefficient (Wildman–Crippen LogP) is 4.39. The van der Waals surface area contributed by atoms with Gasteiger partial charge in [-0.3, -0.25) is 4.79 Å². The van der Waals surface area contributed by atoms with Crippen LogP contribution >= 0.6 is 11.3 Å². The van der Waals surface area contributed by atoms with Crippen molar-refractivity contribution in [3.8, 4) is 0 Å².